The lowest BCUT2D eigenvalue weighted by Crippen LogP contribution is -2.29. The zero-order valence-corrected chi connectivity index (χ0v) is 13.9. The Hall–Kier alpha value is -3.20. The fraction of sp³-hybridized carbons (Fsp3) is 0.263. The first kappa shape index (κ1) is 18.1. The van der Waals surface area contributed by atoms with Crippen LogP contribution in [0.2, 0.25) is 0 Å². The molecule has 0 spiro atoms. The van der Waals surface area contributed by atoms with Crippen molar-refractivity contribution in [3.8, 4) is 11.8 Å². The van der Waals surface area contributed by atoms with E-state index in [1.54, 1.807) is 24.3 Å². The number of carbonyl (C=O) groups is 2. The Bertz CT molecular complexity index is 752. The standard InChI is InChI=1S/C19H19N3O3/c1-2-25-15-9-6-14(7-10-15)8-11-17(23)16(13-20)19(24)22-18-5-3-4-12-21-18/h3-7,9-10,12,16H,2,8,11H2,1H3,(H,21,22,24)/t16-/m1/s1. The molecule has 2 rings (SSSR count). The number of amides is 1. The number of nitrogens with one attached hydrogen (secondary N) is 1. The van der Waals surface area contributed by atoms with Gasteiger partial charge in [0.15, 0.2) is 11.7 Å². The van der Waals surface area contributed by atoms with Crippen molar-refractivity contribution in [2.45, 2.75) is 19.8 Å². The molecule has 6 heteroatoms. The fourth-order valence-electron chi connectivity index (χ4n) is 2.24. The summed E-state index contributed by atoms with van der Waals surface area (Å²) >= 11 is 0. The van der Waals surface area contributed by atoms with Crippen LogP contribution >= 0.6 is 0 Å². The summed E-state index contributed by atoms with van der Waals surface area (Å²) in [4.78, 5) is 28.3. The average molecular weight is 337 g/mol. The van der Waals surface area contributed by atoms with Gasteiger partial charge in [0.05, 0.1) is 12.7 Å². The number of aromatic nitrogens is 1. The molecule has 25 heavy (non-hydrogen) atoms. The highest BCUT2D eigenvalue weighted by Crippen LogP contribution is 2.15. The number of rotatable bonds is 8. The molecule has 1 aromatic heterocycles. The second-order valence-corrected chi connectivity index (χ2v) is 5.31. The molecule has 0 aliphatic carbocycles. The molecular weight excluding hydrogens is 318 g/mol. The highest BCUT2D eigenvalue weighted by atomic mass is 16.5. The molecule has 0 saturated heterocycles. The SMILES string of the molecule is CCOc1ccc(CCC(=O)[C@@H](C#N)C(=O)Nc2ccccn2)cc1. The fourth-order valence-corrected chi connectivity index (χ4v) is 2.24. The lowest BCUT2D eigenvalue weighted by Gasteiger charge is -2.09. The molecule has 1 atom stereocenters. The van der Waals surface area contributed by atoms with E-state index in [1.807, 2.05) is 31.2 Å². The second-order valence-electron chi connectivity index (χ2n) is 5.31. The zero-order valence-electron chi connectivity index (χ0n) is 13.9. The largest absolute Gasteiger partial charge is 0.494 e. The van der Waals surface area contributed by atoms with Crippen LogP contribution in [-0.4, -0.2) is 23.3 Å². The molecule has 1 N–H and O–H groups in total. The van der Waals surface area contributed by atoms with Crippen LogP contribution in [0.25, 0.3) is 0 Å². The summed E-state index contributed by atoms with van der Waals surface area (Å²) in [6.07, 6.45) is 2.09. The van der Waals surface area contributed by atoms with E-state index < -0.39 is 17.6 Å². The summed E-state index contributed by atoms with van der Waals surface area (Å²) < 4.78 is 5.36. The highest BCUT2D eigenvalue weighted by molar-refractivity contribution is 6.09. The summed E-state index contributed by atoms with van der Waals surface area (Å²) in [5.74, 6) is -1.33. The minimum atomic E-state index is -1.34. The molecule has 0 aliphatic rings. The summed E-state index contributed by atoms with van der Waals surface area (Å²) in [5, 5.41) is 11.7. The van der Waals surface area contributed by atoms with Gasteiger partial charge in [-0.2, -0.15) is 5.26 Å². The van der Waals surface area contributed by atoms with E-state index in [9.17, 15) is 9.59 Å². The molecule has 6 nitrogen and oxygen atoms in total. The predicted molar refractivity (Wildman–Crippen MR) is 92.9 cm³/mol. The Morgan fingerprint density at radius 1 is 1.24 bits per heavy atom. The van der Waals surface area contributed by atoms with Crippen molar-refractivity contribution in [1.29, 1.82) is 5.26 Å². The van der Waals surface area contributed by atoms with Gasteiger partial charge >= 0.3 is 0 Å². The quantitative estimate of drug-likeness (QED) is 0.748. The lowest BCUT2D eigenvalue weighted by atomic mass is 9.98. The van der Waals surface area contributed by atoms with E-state index in [0.717, 1.165) is 11.3 Å². The monoisotopic (exact) mass is 337 g/mol. The van der Waals surface area contributed by atoms with Crippen molar-refractivity contribution in [2.75, 3.05) is 11.9 Å². The van der Waals surface area contributed by atoms with Gasteiger partial charge in [-0.05, 0) is 43.2 Å². The third kappa shape index (κ3) is 5.43. The van der Waals surface area contributed by atoms with Crippen molar-refractivity contribution in [3.63, 3.8) is 0 Å². The van der Waals surface area contributed by atoms with E-state index >= 15 is 0 Å². The Kier molecular flexibility index (Phi) is 6.66. The maximum Gasteiger partial charge on any atom is 0.250 e. The number of carbonyl (C=O) groups excluding carboxylic acids is 2. The molecule has 0 aliphatic heterocycles. The maximum absolute atomic E-state index is 12.2. The number of hydrogen-bond donors (Lipinski definition) is 1. The van der Waals surface area contributed by atoms with Crippen LogP contribution in [0.15, 0.2) is 48.7 Å². The molecule has 128 valence electrons. The molecule has 0 fully saturated rings. The molecule has 0 unspecified atom stereocenters. The molecular formula is C19H19N3O3. The van der Waals surface area contributed by atoms with Crippen molar-refractivity contribution < 1.29 is 14.3 Å². The second kappa shape index (κ2) is 9.18. The van der Waals surface area contributed by atoms with Crippen LogP contribution in [0, 0.1) is 17.2 Å². The van der Waals surface area contributed by atoms with E-state index in [1.165, 1.54) is 6.20 Å². The first-order valence-corrected chi connectivity index (χ1v) is 8.00. The molecule has 1 amide bonds. The molecule has 0 saturated carbocycles. The number of nitrogens with zero attached hydrogens (tertiary/aromatic N) is 2. The van der Waals surface area contributed by atoms with Gasteiger partial charge in [-0.1, -0.05) is 18.2 Å². The predicted octanol–water partition coefficient (Wildman–Crippen LogP) is 2.76. The van der Waals surface area contributed by atoms with Crippen LogP contribution in [0.3, 0.4) is 0 Å². The molecule has 1 aromatic carbocycles. The molecule has 0 bridgehead atoms. The van der Waals surface area contributed by atoms with Gasteiger partial charge in [0.1, 0.15) is 11.6 Å². The number of nitriles is 1. The van der Waals surface area contributed by atoms with Crippen LogP contribution in [0.4, 0.5) is 5.82 Å². The Morgan fingerprint density at radius 3 is 2.60 bits per heavy atom. The maximum atomic E-state index is 12.2. The number of aryl methyl sites for hydroxylation is 1. The number of hydrogen-bond acceptors (Lipinski definition) is 5. The van der Waals surface area contributed by atoms with Gasteiger partial charge in [-0.25, -0.2) is 4.98 Å². The van der Waals surface area contributed by atoms with Crippen molar-refractivity contribution in [3.05, 3.63) is 54.2 Å². The number of anilines is 1. The summed E-state index contributed by atoms with van der Waals surface area (Å²) in [7, 11) is 0. The Labute approximate surface area is 146 Å². The van der Waals surface area contributed by atoms with E-state index in [4.69, 9.17) is 10.00 Å². The summed E-state index contributed by atoms with van der Waals surface area (Å²) in [6.45, 7) is 2.50. The number of ether oxygens (including phenoxy) is 1. The van der Waals surface area contributed by atoms with Crippen molar-refractivity contribution in [1.82, 2.24) is 4.98 Å². The zero-order chi connectivity index (χ0) is 18.1. The van der Waals surface area contributed by atoms with E-state index in [2.05, 4.69) is 10.3 Å². The van der Waals surface area contributed by atoms with Gasteiger partial charge in [-0.15, -0.1) is 0 Å². The number of Topliss-reactive ketones (excluding diaryl/α,β-unsaturated/α-hetero) is 1. The topological polar surface area (TPSA) is 92.1 Å². The average Bonchev–Trinajstić information content (AvgIpc) is 2.63. The van der Waals surface area contributed by atoms with Crippen molar-refractivity contribution in [2.24, 2.45) is 5.92 Å². The third-order valence-electron chi connectivity index (χ3n) is 3.52. The first-order chi connectivity index (χ1) is 12.1. The van der Waals surface area contributed by atoms with Gasteiger partial charge in [0.2, 0.25) is 0 Å². The molecule has 0 radical (unpaired) electrons. The molecule has 1 heterocycles. The Balaban J connectivity index is 1.91. The minimum Gasteiger partial charge on any atom is -0.494 e. The van der Waals surface area contributed by atoms with Gasteiger partial charge < -0.3 is 10.1 Å². The first-order valence-electron chi connectivity index (χ1n) is 8.00. The minimum absolute atomic E-state index is 0.113. The van der Waals surface area contributed by atoms with Crippen molar-refractivity contribution >= 4 is 17.5 Å². The highest BCUT2D eigenvalue weighted by Gasteiger charge is 2.26. The number of pyridine rings is 1. The number of ketones is 1. The normalized spacial score (nSPS) is 11.2. The lowest BCUT2D eigenvalue weighted by molar-refractivity contribution is -0.128. The van der Waals surface area contributed by atoms with E-state index in [-0.39, 0.29) is 6.42 Å². The van der Waals surface area contributed by atoms with Gasteiger partial charge in [-0.3, -0.25) is 9.59 Å². The van der Waals surface area contributed by atoms with E-state index in [0.29, 0.717) is 18.8 Å². The van der Waals surface area contributed by atoms with Crippen LogP contribution in [0.5, 0.6) is 5.75 Å². The van der Waals surface area contributed by atoms with Crippen LogP contribution < -0.4 is 10.1 Å². The molecule has 2 aromatic rings. The van der Waals surface area contributed by atoms with Crippen LogP contribution in [-0.2, 0) is 16.0 Å². The Morgan fingerprint density at radius 2 is 2.00 bits per heavy atom. The van der Waals surface area contributed by atoms with Gasteiger partial charge in [0, 0.05) is 12.6 Å². The smallest absolute Gasteiger partial charge is 0.250 e. The third-order valence-corrected chi connectivity index (χ3v) is 3.52. The van der Waals surface area contributed by atoms with Crippen LogP contribution in [0.1, 0.15) is 18.9 Å². The summed E-state index contributed by atoms with van der Waals surface area (Å²) in [5.41, 5.74) is 0.943. The van der Waals surface area contributed by atoms with Gasteiger partial charge in [0.25, 0.3) is 5.91 Å². The summed E-state index contributed by atoms with van der Waals surface area (Å²) in [6, 6.07) is 14.2. The number of benzene rings is 1.